The van der Waals surface area contributed by atoms with E-state index in [1.54, 1.807) is 19.2 Å². The number of ether oxygens (including phenoxy) is 1. The molecule has 2 N–H and O–H groups in total. The van der Waals surface area contributed by atoms with E-state index in [0.717, 1.165) is 22.3 Å². The molecule has 0 bridgehead atoms. The van der Waals surface area contributed by atoms with E-state index < -0.39 is 12.8 Å². The third-order valence-electron chi connectivity index (χ3n) is 4.25. The number of guanidine groups is 1. The molecule has 3 rings (SSSR count). The van der Waals surface area contributed by atoms with Crippen LogP contribution in [0.2, 0.25) is 0 Å². The van der Waals surface area contributed by atoms with Crippen molar-refractivity contribution in [3.63, 3.8) is 0 Å². The molecule has 0 saturated heterocycles. The van der Waals surface area contributed by atoms with Gasteiger partial charge in [0, 0.05) is 36.3 Å². The number of furan rings is 1. The fourth-order valence-electron chi connectivity index (χ4n) is 2.80. The first kappa shape index (κ1) is 20.5. The zero-order valence-electron chi connectivity index (χ0n) is 16.0. The molecule has 29 heavy (non-hydrogen) atoms. The lowest BCUT2D eigenvalue weighted by molar-refractivity contribution is -0.154. The molecule has 2 aromatic heterocycles. The van der Waals surface area contributed by atoms with Crippen molar-refractivity contribution in [3.05, 3.63) is 59.5 Å². The zero-order valence-corrected chi connectivity index (χ0v) is 16.0. The van der Waals surface area contributed by atoms with Crippen LogP contribution in [0.15, 0.2) is 52.0 Å². The van der Waals surface area contributed by atoms with Gasteiger partial charge >= 0.3 is 6.18 Å². The number of nitrogens with one attached hydrogen (secondary N) is 2. The van der Waals surface area contributed by atoms with Crippen molar-refractivity contribution in [2.75, 3.05) is 13.7 Å². The van der Waals surface area contributed by atoms with Gasteiger partial charge in [-0.15, -0.1) is 0 Å². The van der Waals surface area contributed by atoms with Crippen LogP contribution in [0.3, 0.4) is 0 Å². The van der Waals surface area contributed by atoms with Gasteiger partial charge in [-0.2, -0.15) is 13.2 Å². The maximum Gasteiger partial charge on any atom is 0.422 e. The van der Waals surface area contributed by atoms with Gasteiger partial charge in [-0.25, -0.2) is 4.98 Å². The first-order valence-corrected chi connectivity index (χ1v) is 8.92. The second-order valence-electron chi connectivity index (χ2n) is 6.30. The zero-order chi connectivity index (χ0) is 20.9. The molecule has 0 fully saturated rings. The van der Waals surface area contributed by atoms with Crippen molar-refractivity contribution in [3.8, 4) is 5.88 Å². The van der Waals surface area contributed by atoms with E-state index in [-0.39, 0.29) is 12.4 Å². The number of pyridine rings is 1. The molecule has 0 atom stereocenters. The molecule has 0 spiro atoms. The largest absolute Gasteiger partial charge is 0.468 e. The van der Waals surface area contributed by atoms with E-state index in [9.17, 15) is 13.2 Å². The van der Waals surface area contributed by atoms with Crippen molar-refractivity contribution in [1.82, 2.24) is 15.6 Å². The summed E-state index contributed by atoms with van der Waals surface area (Å²) in [5.41, 5.74) is 2.34. The summed E-state index contributed by atoms with van der Waals surface area (Å²) in [6, 6.07) is 11.0. The molecule has 0 unspecified atom stereocenters. The summed E-state index contributed by atoms with van der Waals surface area (Å²) in [7, 11) is 1.60. The number of para-hydroxylation sites is 1. The Morgan fingerprint density at radius 3 is 2.62 bits per heavy atom. The number of aromatic nitrogens is 1. The third kappa shape index (κ3) is 5.40. The fraction of sp³-hybridized carbons (Fsp3) is 0.300. The highest BCUT2D eigenvalue weighted by Crippen LogP contribution is 2.24. The lowest BCUT2D eigenvalue weighted by atomic mass is 10.1. The van der Waals surface area contributed by atoms with Gasteiger partial charge in [0.05, 0.1) is 6.54 Å². The van der Waals surface area contributed by atoms with Crippen LogP contribution in [0.25, 0.3) is 11.0 Å². The molecule has 6 nitrogen and oxygen atoms in total. The maximum absolute atomic E-state index is 12.4. The first-order valence-electron chi connectivity index (χ1n) is 8.92. The second-order valence-corrected chi connectivity index (χ2v) is 6.30. The van der Waals surface area contributed by atoms with Gasteiger partial charge in [0.1, 0.15) is 11.3 Å². The molecule has 1 aromatic carbocycles. The summed E-state index contributed by atoms with van der Waals surface area (Å²) >= 11 is 0. The van der Waals surface area contributed by atoms with E-state index in [0.29, 0.717) is 18.1 Å². The Bertz CT molecular complexity index is 999. The van der Waals surface area contributed by atoms with Gasteiger partial charge in [-0.05, 0) is 19.1 Å². The van der Waals surface area contributed by atoms with Gasteiger partial charge in [0.2, 0.25) is 5.88 Å². The quantitative estimate of drug-likeness (QED) is 0.479. The van der Waals surface area contributed by atoms with Crippen LogP contribution in [0, 0.1) is 6.92 Å². The Hall–Kier alpha value is -3.23. The lowest BCUT2D eigenvalue weighted by Crippen LogP contribution is -2.36. The molecular formula is C20H21F3N4O2. The minimum Gasteiger partial charge on any atom is -0.468 e. The van der Waals surface area contributed by atoms with Crippen molar-refractivity contribution in [1.29, 1.82) is 0 Å². The van der Waals surface area contributed by atoms with Crippen molar-refractivity contribution in [2.24, 2.45) is 4.99 Å². The Morgan fingerprint density at radius 1 is 1.14 bits per heavy atom. The number of halogens is 3. The van der Waals surface area contributed by atoms with E-state index in [4.69, 9.17) is 9.15 Å². The van der Waals surface area contributed by atoms with Crippen LogP contribution in [-0.4, -0.2) is 30.8 Å². The molecule has 0 amide bonds. The SMILES string of the molecule is CN=C(NCc1cccnc1OCC(F)(F)F)NCc1oc2ccccc2c1C. The minimum absolute atomic E-state index is 0.0686. The summed E-state index contributed by atoms with van der Waals surface area (Å²) in [5, 5.41) is 7.23. The number of alkyl halides is 3. The predicted molar refractivity (Wildman–Crippen MR) is 104 cm³/mol. The standard InChI is InChI=1S/C20H21F3N4O2/c1-13-15-7-3-4-8-16(15)29-17(13)11-27-19(24-2)26-10-14-6-5-9-25-18(14)28-12-20(21,22)23/h3-9H,10-12H2,1-2H3,(H2,24,26,27). The average Bonchev–Trinajstić information content (AvgIpc) is 3.02. The molecule has 0 aliphatic rings. The molecule has 9 heteroatoms. The summed E-state index contributed by atoms with van der Waals surface area (Å²) in [5.74, 6) is 1.18. The third-order valence-corrected chi connectivity index (χ3v) is 4.25. The smallest absolute Gasteiger partial charge is 0.422 e. The van der Waals surface area contributed by atoms with Crippen LogP contribution in [0.1, 0.15) is 16.9 Å². The number of aryl methyl sites for hydroxylation is 1. The molecule has 0 aliphatic carbocycles. The topological polar surface area (TPSA) is 71.7 Å². The monoisotopic (exact) mass is 406 g/mol. The summed E-state index contributed by atoms with van der Waals surface area (Å²) in [6.07, 6.45) is -3.04. The molecule has 2 heterocycles. The van der Waals surface area contributed by atoms with Gasteiger partial charge in [-0.3, -0.25) is 4.99 Å². The Labute approximate surface area is 165 Å². The van der Waals surface area contributed by atoms with Crippen LogP contribution in [-0.2, 0) is 13.1 Å². The van der Waals surface area contributed by atoms with E-state index in [1.807, 2.05) is 31.2 Å². The Morgan fingerprint density at radius 2 is 1.90 bits per heavy atom. The highest BCUT2D eigenvalue weighted by atomic mass is 19.4. The van der Waals surface area contributed by atoms with Crippen LogP contribution >= 0.6 is 0 Å². The predicted octanol–water partition coefficient (Wildman–Crippen LogP) is 3.94. The minimum atomic E-state index is -4.43. The van der Waals surface area contributed by atoms with Crippen LogP contribution in [0.5, 0.6) is 5.88 Å². The van der Waals surface area contributed by atoms with Crippen molar-refractivity contribution >= 4 is 16.9 Å². The number of rotatable bonds is 6. The number of aliphatic imine (C=N–C) groups is 1. The first-order chi connectivity index (χ1) is 13.9. The Balaban J connectivity index is 1.60. The van der Waals surface area contributed by atoms with Gasteiger partial charge < -0.3 is 19.8 Å². The van der Waals surface area contributed by atoms with E-state index in [2.05, 4.69) is 20.6 Å². The van der Waals surface area contributed by atoms with E-state index >= 15 is 0 Å². The van der Waals surface area contributed by atoms with Gasteiger partial charge in [0.25, 0.3) is 0 Å². The molecule has 0 radical (unpaired) electrons. The number of hydrogen-bond acceptors (Lipinski definition) is 4. The summed E-state index contributed by atoms with van der Waals surface area (Å²) < 4.78 is 47.9. The normalized spacial score (nSPS) is 12.2. The lowest BCUT2D eigenvalue weighted by Gasteiger charge is -2.14. The van der Waals surface area contributed by atoms with Gasteiger partial charge in [0.15, 0.2) is 12.6 Å². The van der Waals surface area contributed by atoms with Crippen LogP contribution < -0.4 is 15.4 Å². The number of fused-ring (bicyclic) bond motifs is 1. The summed E-state index contributed by atoms with van der Waals surface area (Å²) in [4.78, 5) is 8.01. The molecular weight excluding hydrogens is 385 g/mol. The molecule has 3 aromatic rings. The summed E-state index contributed by atoms with van der Waals surface area (Å²) in [6.45, 7) is 1.19. The highest BCUT2D eigenvalue weighted by Gasteiger charge is 2.29. The highest BCUT2D eigenvalue weighted by molar-refractivity contribution is 5.83. The molecule has 0 aliphatic heterocycles. The second kappa shape index (κ2) is 8.85. The van der Waals surface area contributed by atoms with Crippen molar-refractivity contribution < 1.29 is 22.3 Å². The maximum atomic E-state index is 12.4. The number of hydrogen-bond donors (Lipinski definition) is 2. The fourth-order valence-corrected chi connectivity index (χ4v) is 2.80. The van der Waals surface area contributed by atoms with Gasteiger partial charge in [-0.1, -0.05) is 24.3 Å². The van der Waals surface area contributed by atoms with Crippen LogP contribution in [0.4, 0.5) is 13.2 Å². The number of nitrogens with zero attached hydrogens (tertiary/aromatic N) is 2. The molecule has 154 valence electrons. The van der Waals surface area contributed by atoms with E-state index in [1.165, 1.54) is 6.20 Å². The Kier molecular flexibility index (Phi) is 6.26. The number of benzene rings is 1. The van der Waals surface area contributed by atoms with Crippen molar-refractivity contribution in [2.45, 2.75) is 26.2 Å². The average molecular weight is 406 g/mol. The molecule has 0 saturated carbocycles.